The minimum absolute atomic E-state index is 0.122. The monoisotopic (exact) mass is 441 g/mol. The van der Waals surface area contributed by atoms with Crippen LogP contribution in [0.4, 0.5) is 4.39 Å². The van der Waals surface area contributed by atoms with Crippen molar-refractivity contribution < 1.29 is 18.7 Å². The maximum Gasteiger partial charge on any atom is 0.363 e. The van der Waals surface area contributed by atoms with E-state index >= 15 is 0 Å². The molecular weight excluding hydrogens is 428 g/mol. The van der Waals surface area contributed by atoms with Crippen LogP contribution in [0.1, 0.15) is 16.7 Å². The topological polar surface area (TPSA) is 47.9 Å². The van der Waals surface area contributed by atoms with Crippen molar-refractivity contribution in [3.05, 3.63) is 105 Å². The molecule has 0 bridgehead atoms. The Morgan fingerprint density at radius 2 is 1.83 bits per heavy atom. The van der Waals surface area contributed by atoms with Crippen LogP contribution in [-0.2, 0) is 16.1 Å². The van der Waals surface area contributed by atoms with E-state index in [1.54, 1.807) is 54.6 Å². The lowest BCUT2D eigenvalue weighted by Gasteiger charge is -2.07. The summed E-state index contributed by atoms with van der Waals surface area (Å²) < 4.78 is 24.0. The van der Waals surface area contributed by atoms with Crippen LogP contribution >= 0.6 is 23.2 Å². The van der Waals surface area contributed by atoms with Crippen molar-refractivity contribution in [3.8, 4) is 5.75 Å². The van der Waals surface area contributed by atoms with Gasteiger partial charge in [-0.1, -0.05) is 47.5 Å². The first-order chi connectivity index (χ1) is 14.5. The molecule has 0 saturated carbocycles. The Morgan fingerprint density at radius 1 is 1.03 bits per heavy atom. The fourth-order valence-electron chi connectivity index (χ4n) is 2.79. The predicted octanol–water partition coefficient (Wildman–Crippen LogP) is 6.06. The second kappa shape index (κ2) is 8.69. The van der Waals surface area contributed by atoms with E-state index in [1.165, 1.54) is 12.1 Å². The Morgan fingerprint density at radius 3 is 2.60 bits per heavy atom. The number of benzene rings is 3. The summed E-state index contributed by atoms with van der Waals surface area (Å²) in [4.78, 5) is 16.5. The van der Waals surface area contributed by atoms with Crippen LogP contribution in [0.3, 0.4) is 0 Å². The molecule has 150 valence electrons. The van der Waals surface area contributed by atoms with Crippen LogP contribution in [-0.4, -0.2) is 11.9 Å². The molecule has 0 aliphatic carbocycles. The van der Waals surface area contributed by atoms with Crippen LogP contribution < -0.4 is 4.74 Å². The highest BCUT2D eigenvalue weighted by atomic mass is 35.5. The normalized spacial score (nSPS) is 14.6. The third-order valence-electron chi connectivity index (χ3n) is 4.26. The van der Waals surface area contributed by atoms with Gasteiger partial charge in [-0.15, -0.1) is 0 Å². The molecule has 4 nitrogen and oxygen atoms in total. The molecule has 0 unspecified atom stereocenters. The van der Waals surface area contributed by atoms with E-state index in [2.05, 4.69) is 4.99 Å². The zero-order chi connectivity index (χ0) is 21.1. The number of hydrogen-bond acceptors (Lipinski definition) is 4. The minimum Gasteiger partial charge on any atom is -0.489 e. The molecule has 7 heteroatoms. The lowest BCUT2D eigenvalue weighted by atomic mass is 10.2. The quantitative estimate of drug-likeness (QED) is 0.357. The first kappa shape index (κ1) is 20.1. The molecule has 1 aliphatic heterocycles. The molecule has 3 aromatic carbocycles. The van der Waals surface area contributed by atoms with Gasteiger partial charge >= 0.3 is 5.97 Å². The van der Waals surface area contributed by atoms with Gasteiger partial charge in [0.15, 0.2) is 5.70 Å². The number of aliphatic imine (C=N–C) groups is 1. The summed E-state index contributed by atoms with van der Waals surface area (Å²) in [6, 6.07) is 18.1. The fourth-order valence-corrected chi connectivity index (χ4v) is 3.28. The largest absolute Gasteiger partial charge is 0.489 e. The van der Waals surface area contributed by atoms with Crippen LogP contribution in [0.15, 0.2) is 77.4 Å². The summed E-state index contributed by atoms with van der Waals surface area (Å²) in [5, 5.41) is 0.813. The number of hydrogen-bond donors (Lipinski definition) is 0. The number of rotatable bonds is 5. The van der Waals surface area contributed by atoms with Crippen LogP contribution in [0.25, 0.3) is 6.08 Å². The van der Waals surface area contributed by atoms with E-state index in [-0.39, 0.29) is 17.4 Å². The lowest BCUT2D eigenvalue weighted by molar-refractivity contribution is -0.129. The van der Waals surface area contributed by atoms with E-state index in [0.29, 0.717) is 33.5 Å². The highest BCUT2D eigenvalue weighted by Crippen LogP contribution is 2.27. The first-order valence-corrected chi connectivity index (χ1v) is 9.69. The number of ether oxygens (including phenoxy) is 2. The second-order valence-corrected chi connectivity index (χ2v) is 7.29. The molecule has 0 atom stereocenters. The summed E-state index contributed by atoms with van der Waals surface area (Å²) in [5.41, 5.74) is 2.18. The van der Waals surface area contributed by atoms with E-state index < -0.39 is 5.97 Å². The van der Waals surface area contributed by atoms with Gasteiger partial charge in [0.1, 0.15) is 18.2 Å². The van der Waals surface area contributed by atoms with Crippen molar-refractivity contribution in [2.75, 3.05) is 0 Å². The van der Waals surface area contributed by atoms with Crippen molar-refractivity contribution in [1.29, 1.82) is 0 Å². The molecule has 1 aliphatic rings. The molecule has 1 heterocycles. The third-order valence-corrected chi connectivity index (χ3v) is 4.81. The van der Waals surface area contributed by atoms with E-state index in [1.807, 2.05) is 6.07 Å². The molecule has 4 rings (SSSR count). The molecule has 0 amide bonds. The van der Waals surface area contributed by atoms with Gasteiger partial charge in [-0.05, 0) is 59.7 Å². The summed E-state index contributed by atoms with van der Waals surface area (Å²) >= 11 is 12.1. The minimum atomic E-state index is -0.575. The maximum absolute atomic E-state index is 13.0. The number of esters is 1. The predicted molar refractivity (Wildman–Crippen MR) is 114 cm³/mol. The number of nitrogens with zero attached hydrogens (tertiary/aromatic N) is 1. The molecule has 0 aromatic heterocycles. The van der Waals surface area contributed by atoms with Gasteiger partial charge in [0.2, 0.25) is 5.90 Å². The average Bonchev–Trinajstić information content (AvgIpc) is 3.08. The zero-order valence-corrected chi connectivity index (χ0v) is 17.0. The van der Waals surface area contributed by atoms with E-state index in [9.17, 15) is 9.18 Å². The van der Waals surface area contributed by atoms with Crippen molar-refractivity contribution in [2.45, 2.75) is 6.61 Å². The van der Waals surface area contributed by atoms with Crippen molar-refractivity contribution >= 4 is 41.1 Å². The van der Waals surface area contributed by atoms with Gasteiger partial charge < -0.3 is 9.47 Å². The molecule has 30 heavy (non-hydrogen) atoms. The van der Waals surface area contributed by atoms with Crippen molar-refractivity contribution in [3.63, 3.8) is 0 Å². The van der Waals surface area contributed by atoms with Crippen molar-refractivity contribution in [2.24, 2.45) is 4.99 Å². The van der Waals surface area contributed by atoms with E-state index in [0.717, 1.165) is 5.56 Å². The van der Waals surface area contributed by atoms with E-state index in [4.69, 9.17) is 32.7 Å². The van der Waals surface area contributed by atoms with Crippen molar-refractivity contribution in [1.82, 2.24) is 0 Å². The maximum atomic E-state index is 13.0. The Bertz CT molecular complexity index is 1170. The van der Waals surface area contributed by atoms with Crippen LogP contribution in [0, 0.1) is 5.82 Å². The smallest absolute Gasteiger partial charge is 0.363 e. The summed E-state index contributed by atoms with van der Waals surface area (Å²) in [6.07, 6.45) is 1.60. The Kier molecular flexibility index (Phi) is 5.84. The van der Waals surface area contributed by atoms with Gasteiger partial charge in [-0.3, -0.25) is 0 Å². The second-order valence-electron chi connectivity index (χ2n) is 6.45. The molecule has 0 radical (unpaired) electrons. The van der Waals surface area contributed by atoms with Gasteiger partial charge in [-0.25, -0.2) is 14.2 Å². The lowest BCUT2D eigenvalue weighted by Crippen LogP contribution is -2.05. The van der Waals surface area contributed by atoms with Crippen LogP contribution in [0.5, 0.6) is 5.75 Å². The first-order valence-electron chi connectivity index (χ1n) is 8.93. The third kappa shape index (κ3) is 4.70. The zero-order valence-electron chi connectivity index (χ0n) is 15.4. The Labute approximate surface area is 182 Å². The molecule has 0 saturated heterocycles. The Balaban J connectivity index is 1.52. The van der Waals surface area contributed by atoms with Crippen LogP contribution in [0.2, 0.25) is 10.0 Å². The summed E-state index contributed by atoms with van der Waals surface area (Å²) in [5.74, 6) is -0.147. The SMILES string of the molecule is O=C1OC(c2ccc(Cl)cc2Cl)=N/C1=C\c1cccc(OCc2ccc(F)cc2)c1. The molecule has 0 N–H and O–H groups in total. The number of halogens is 3. The number of carbonyl (C=O) groups is 1. The molecule has 0 fully saturated rings. The van der Waals surface area contributed by atoms with Gasteiger partial charge in [0, 0.05) is 5.02 Å². The molecular formula is C23H14Cl2FNO3. The highest BCUT2D eigenvalue weighted by molar-refractivity contribution is 6.37. The summed E-state index contributed by atoms with van der Waals surface area (Å²) in [6.45, 7) is 0.291. The summed E-state index contributed by atoms with van der Waals surface area (Å²) in [7, 11) is 0. The number of carbonyl (C=O) groups excluding carboxylic acids is 1. The Hall–Kier alpha value is -3.15. The average molecular weight is 442 g/mol. The number of cyclic esters (lactones) is 1. The highest BCUT2D eigenvalue weighted by Gasteiger charge is 2.25. The fraction of sp³-hybridized carbons (Fsp3) is 0.0435. The molecule has 3 aromatic rings. The van der Waals surface area contributed by atoms with Gasteiger partial charge in [0.05, 0.1) is 10.6 Å². The molecule has 0 spiro atoms. The van der Waals surface area contributed by atoms with Gasteiger partial charge in [-0.2, -0.15) is 0 Å². The standard InChI is InChI=1S/C23H14Cl2FNO3/c24-16-6-9-19(20(25)12-16)22-27-21(23(28)30-22)11-15-2-1-3-18(10-15)29-13-14-4-7-17(26)8-5-14/h1-12H,13H2/b21-11-. The van der Waals surface area contributed by atoms with Gasteiger partial charge in [0.25, 0.3) is 0 Å².